The molecule has 0 saturated heterocycles. The number of carbonyl (C=O) groups is 1. The lowest BCUT2D eigenvalue weighted by Gasteiger charge is -2.15. The maximum absolute atomic E-state index is 12.5. The monoisotopic (exact) mass is 274 g/mol. The third kappa shape index (κ3) is 3.62. The predicted molar refractivity (Wildman–Crippen MR) is 82.6 cm³/mol. The number of hydrogen-bond acceptors (Lipinski definition) is 2. The maximum Gasteiger partial charge on any atom is 0.163 e. The summed E-state index contributed by atoms with van der Waals surface area (Å²) in [4.78, 5) is 12.5. The average molecular weight is 274 g/mol. The van der Waals surface area contributed by atoms with Crippen LogP contribution in [0, 0.1) is 19.8 Å². The van der Waals surface area contributed by atoms with Gasteiger partial charge in [0.25, 0.3) is 0 Å². The standard InChI is InChI=1S/C18H26O2/c1-13-10-16(11-14(2)18(13)20-3)17(19)12-15-8-6-4-5-7-9-15/h10-11,15H,4-9,12H2,1-3H3. The molecule has 0 aromatic heterocycles. The Hall–Kier alpha value is -1.31. The molecule has 1 fully saturated rings. The van der Waals surface area contributed by atoms with Gasteiger partial charge < -0.3 is 4.74 Å². The predicted octanol–water partition coefficient (Wildman–Crippen LogP) is 4.86. The van der Waals surface area contributed by atoms with Gasteiger partial charge in [-0.15, -0.1) is 0 Å². The zero-order valence-corrected chi connectivity index (χ0v) is 13.0. The van der Waals surface area contributed by atoms with Crippen LogP contribution in [0.5, 0.6) is 5.75 Å². The largest absolute Gasteiger partial charge is 0.496 e. The van der Waals surface area contributed by atoms with Gasteiger partial charge in [0.05, 0.1) is 7.11 Å². The molecule has 2 nitrogen and oxygen atoms in total. The van der Waals surface area contributed by atoms with Crippen LogP contribution in [-0.4, -0.2) is 12.9 Å². The van der Waals surface area contributed by atoms with Crippen molar-refractivity contribution in [3.05, 3.63) is 28.8 Å². The summed E-state index contributed by atoms with van der Waals surface area (Å²) in [5.41, 5.74) is 2.96. The molecule has 0 bridgehead atoms. The number of ketones is 1. The van der Waals surface area contributed by atoms with Crippen LogP contribution >= 0.6 is 0 Å². The van der Waals surface area contributed by atoms with E-state index >= 15 is 0 Å². The third-order valence-electron chi connectivity index (χ3n) is 4.44. The Morgan fingerprint density at radius 2 is 1.65 bits per heavy atom. The van der Waals surface area contributed by atoms with Crippen LogP contribution in [0.2, 0.25) is 0 Å². The van der Waals surface area contributed by atoms with Crippen molar-refractivity contribution in [2.24, 2.45) is 5.92 Å². The van der Waals surface area contributed by atoms with E-state index in [4.69, 9.17) is 4.74 Å². The van der Waals surface area contributed by atoms with Gasteiger partial charge in [-0.3, -0.25) is 4.79 Å². The van der Waals surface area contributed by atoms with Crippen molar-refractivity contribution in [2.75, 3.05) is 7.11 Å². The quantitative estimate of drug-likeness (QED) is 0.579. The number of ether oxygens (including phenoxy) is 1. The van der Waals surface area contributed by atoms with Crippen LogP contribution in [0.4, 0.5) is 0 Å². The van der Waals surface area contributed by atoms with Crippen molar-refractivity contribution in [3.63, 3.8) is 0 Å². The van der Waals surface area contributed by atoms with Gasteiger partial charge in [-0.05, 0) is 43.0 Å². The van der Waals surface area contributed by atoms with Crippen LogP contribution in [0.25, 0.3) is 0 Å². The van der Waals surface area contributed by atoms with Gasteiger partial charge in [0.1, 0.15) is 5.75 Å². The highest BCUT2D eigenvalue weighted by Crippen LogP contribution is 2.29. The second-order valence-corrected chi connectivity index (χ2v) is 6.13. The number of carbonyl (C=O) groups excluding carboxylic acids is 1. The number of Topliss-reactive ketones (excluding diaryl/α,β-unsaturated/α-hetero) is 1. The second kappa shape index (κ2) is 6.92. The van der Waals surface area contributed by atoms with E-state index in [2.05, 4.69) is 0 Å². The SMILES string of the molecule is COc1c(C)cc(C(=O)CC2CCCCCC2)cc1C. The Labute approximate surface area is 122 Å². The number of hydrogen-bond donors (Lipinski definition) is 0. The number of benzene rings is 1. The van der Waals surface area contributed by atoms with E-state index in [0.29, 0.717) is 18.1 Å². The molecule has 0 N–H and O–H groups in total. The molecule has 0 heterocycles. The average Bonchev–Trinajstić information content (AvgIpc) is 2.67. The fourth-order valence-electron chi connectivity index (χ4n) is 3.38. The minimum atomic E-state index is 0.297. The van der Waals surface area contributed by atoms with Crippen LogP contribution in [0.1, 0.15) is 66.4 Å². The van der Waals surface area contributed by atoms with Crippen molar-refractivity contribution in [2.45, 2.75) is 58.8 Å². The minimum Gasteiger partial charge on any atom is -0.496 e. The van der Waals surface area contributed by atoms with Crippen LogP contribution in [0.15, 0.2) is 12.1 Å². The smallest absolute Gasteiger partial charge is 0.163 e. The van der Waals surface area contributed by atoms with Crippen LogP contribution in [-0.2, 0) is 0 Å². The molecule has 0 unspecified atom stereocenters. The van der Waals surface area contributed by atoms with Crippen LogP contribution < -0.4 is 4.74 Å². The number of aryl methyl sites for hydroxylation is 2. The first kappa shape index (κ1) is 15.1. The first-order chi connectivity index (χ1) is 9.61. The lowest BCUT2D eigenvalue weighted by atomic mass is 9.91. The van der Waals surface area contributed by atoms with Crippen molar-refractivity contribution < 1.29 is 9.53 Å². The van der Waals surface area contributed by atoms with E-state index in [1.807, 2.05) is 26.0 Å². The van der Waals surface area contributed by atoms with Crippen molar-refractivity contribution in [1.82, 2.24) is 0 Å². The summed E-state index contributed by atoms with van der Waals surface area (Å²) >= 11 is 0. The molecule has 1 saturated carbocycles. The Morgan fingerprint density at radius 3 is 2.15 bits per heavy atom. The minimum absolute atomic E-state index is 0.297. The summed E-state index contributed by atoms with van der Waals surface area (Å²) in [7, 11) is 1.68. The Bertz CT molecular complexity index is 445. The summed E-state index contributed by atoms with van der Waals surface area (Å²) in [6.45, 7) is 4.02. The molecule has 0 spiro atoms. The first-order valence-corrected chi connectivity index (χ1v) is 7.80. The summed E-state index contributed by atoms with van der Waals surface area (Å²) in [5.74, 6) is 1.79. The molecular formula is C18H26O2. The van der Waals surface area contributed by atoms with Crippen molar-refractivity contribution >= 4 is 5.78 Å². The van der Waals surface area contributed by atoms with E-state index in [-0.39, 0.29) is 0 Å². The summed E-state index contributed by atoms with van der Waals surface area (Å²) in [6.07, 6.45) is 8.42. The molecular weight excluding hydrogens is 248 g/mol. The topological polar surface area (TPSA) is 26.3 Å². The number of methoxy groups -OCH3 is 1. The Balaban J connectivity index is 2.08. The molecule has 2 rings (SSSR count). The molecule has 0 aliphatic heterocycles. The van der Waals surface area contributed by atoms with Gasteiger partial charge in [-0.25, -0.2) is 0 Å². The van der Waals surface area contributed by atoms with Crippen LogP contribution in [0.3, 0.4) is 0 Å². The van der Waals surface area contributed by atoms with Gasteiger partial charge in [0, 0.05) is 12.0 Å². The fourth-order valence-corrected chi connectivity index (χ4v) is 3.38. The highest BCUT2D eigenvalue weighted by Gasteiger charge is 2.18. The normalized spacial score (nSPS) is 16.8. The fraction of sp³-hybridized carbons (Fsp3) is 0.611. The summed E-state index contributed by atoms with van der Waals surface area (Å²) in [6, 6.07) is 3.95. The van der Waals surface area contributed by atoms with Crippen molar-refractivity contribution in [3.8, 4) is 5.75 Å². The van der Waals surface area contributed by atoms with Gasteiger partial charge in [0.15, 0.2) is 5.78 Å². The summed E-state index contributed by atoms with van der Waals surface area (Å²) < 4.78 is 5.37. The molecule has 0 atom stereocenters. The highest BCUT2D eigenvalue weighted by molar-refractivity contribution is 5.96. The molecule has 0 amide bonds. The molecule has 0 radical (unpaired) electrons. The molecule has 20 heavy (non-hydrogen) atoms. The van der Waals surface area contributed by atoms with Gasteiger partial charge >= 0.3 is 0 Å². The lowest BCUT2D eigenvalue weighted by molar-refractivity contribution is 0.0957. The second-order valence-electron chi connectivity index (χ2n) is 6.13. The first-order valence-electron chi connectivity index (χ1n) is 7.80. The molecule has 110 valence electrons. The van der Waals surface area contributed by atoms with Crippen molar-refractivity contribution in [1.29, 1.82) is 0 Å². The molecule has 1 aromatic carbocycles. The van der Waals surface area contributed by atoms with Gasteiger partial charge in [0.2, 0.25) is 0 Å². The van der Waals surface area contributed by atoms with Gasteiger partial charge in [-0.2, -0.15) is 0 Å². The molecule has 1 aliphatic carbocycles. The Kier molecular flexibility index (Phi) is 5.22. The highest BCUT2D eigenvalue weighted by atomic mass is 16.5. The van der Waals surface area contributed by atoms with Gasteiger partial charge in [-0.1, -0.05) is 38.5 Å². The van der Waals surface area contributed by atoms with E-state index in [0.717, 1.165) is 22.4 Å². The third-order valence-corrected chi connectivity index (χ3v) is 4.44. The number of rotatable bonds is 4. The lowest BCUT2D eigenvalue weighted by Crippen LogP contribution is -2.09. The van der Waals surface area contributed by atoms with E-state index < -0.39 is 0 Å². The zero-order valence-electron chi connectivity index (χ0n) is 13.0. The molecule has 2 heteroatoms. The maximum atomic E-state index is 12.5. The Morgan fingerprint density at radius 1 is 1.10 bits per heavy atom. The van der Waals surface area contributed by atoms with E-state index in [1.54, 1.807) is 7.11 Å². The molecule has 1 aliphatic rings. The molecule has 1 aromatic rings. The van der Waals surface area contributed by atoms with E-state index in [9.17, 15) is 4.79 Å². The zero-order chi connectivity index (χ0) is 14.5. The summed E-state index contributed by atoms with van der Waals surface area (Å²) in [5, 5.41) is 0. The van der Waals surface area contributed by atoms with E-state index in [1.165, 1.54) is 38.5 Å².